The van der Waals surface area contributed by atoms with E-state index in [4.69, 9.17) is 11.6 Å². The second-order valence-corrected chi connectivity index (χ2v) is 5.79. The molecule has 1 saturated carbocycles. The Kier molecular flexibility index (Phi) is 3.28. The molecule has 1 fully saturated rings. The molecule has 0 heterocycles. The molecule has 0 aromatic carbocycles. The fourth-order valence-electron chi connectivity index (χ4n) is 2.42. The van der Waals surface area contributed by atoms with Crippen LogP contribution in [0.2, 0.25) is 0 Å². The molecule has 0 N–H and O–H groups in total. The normalized spacial score (nSPS) is 37.3. The van der Waals surface area contributed by atoms with Crippen molar-refractivity contribution in [2.45, 2.75) is 42.2 Å². The second-order valence-electron chi connectivity index (χ2n) is 4.18. The van der Waals surface area contributed by atoms with Crippen molar-refractivity contribution in [1.82, 2.24) is 0 Å². The SMILES string of the molecule is CSC12C=CC=C(CCCCC1)C2Cl. The molecular weight excluding hydrogens is 212 g/mol. The molecule has 2 bridgehead atoms. The summed E-state index contributed by atoms with van der Waals surface area (Å²) in [5.41, 5.74) is 1.45. The molecule has 0 nitrogen and oxygen atoms in total. The average Bonchev–Trinajstić information content (AvgIpc) is 2.22. The summed E-state index contributed by atoms with van der Waals surface area (Å²) >= 11 is 8.50. The van der Waals surface area contributed by atoms with Gasteiger partial charge in [-0.1, -0.05) is 36.6 Å². The zero-order valence-electron chi connectivity index (χ0n) is 8.63. The standard InChI is InChI=1S/C12H17ClS/c1-14-12-8-4-2-3-6-10(11(12)13)7-5-9-12/h5,7,9,11H,2-4,6,8H2,1H3. The maximum absolute atomic E-state index is 6.58. The van der Waals surface area contributed by atoms with Gasteiger partial charge in [-0.25, -0.2) is 0 Å². The molecule has 2 atom stereocenters. The molecule has 2 heteroatoms. The van der Waals surface area contributed by atoms with Gasteiger partial charge in [0.1, 0.15) is 0 Å². The van der Waals surface area contributed by atoms with Gasteiger partial charge in [0.05, 0.1) is 10.1 Å². The van der Waals surface area contributed by atoms with E-state index in [2.05, 4.69) is 24.5 Å². The number of allylic oxidation sites excluding steroid dienone is 3. The van der Waals surface area contributed by atoms with Gasteiger partial charge >= 0.3 is 0 Å². The van der Waals surface area contributed by atoms with E-state index in [0.717, 1.165) is 0 Å². The predicted molar refractivity (Wildman–Crippen MR) is 66.2 cm³/mol. The molecule has 0 radical (unpaired) electrons. The van der Waals surface area contributed by atoms with Gasteiger partial charge in [0.25, 0.3) is 0 Å². The van der Waals surface area contributed by atoms with Crippen LogP contribution in [0.15, 0.2) is 23.8 Å². The third kappa shape index (κ3) is 1.77. The van der Waals surface area contributed by atoms with Gasteiger partial charge in [-0.15, -0.1) is 11.6 Å². The highest BCUT2D eigenvalue weighted by atomic mass is 35.5. The lowest BCUT2D eigenvalue weighted by atomic mass is 9.83. The number of rotatable bonds is 1. The Bertz CT molecular complexity index is 269. The summed E-state index contributed by atoms with van der Waals surface area (Å²) in [6, 6.07) is 0. The number of hydrogen-bond donors (Lipinski definition) is 0. The van der Waals surface area contributed by atoms with E-state index in [1.54, 1.807) is 0 Å². The van der Waals surface area contributed by atoms with Crippen LogP contribution in [0.3, 0.4) is 0 Å². The van der Waals surface area contributed by atoms with Crippen molar-refractivity contribution in [3.8, 4) is 0 Å². The zero-order valence-corrected chi connectivity index (χ0v) is 10.2. The van der Waals surface area contributed by atoms with Gasteiger partial charge in [0, 0.05) is 0 Å². The van der Waals surface area contributed by atoms with Crippen molar-refractivity contribution in [1.29, 1.82) is 0 Å². The van der Waals surface area contributed by atoms with Crippen LogP contribution in [0.1, 0.15) is 32.1 Å². The molecule has 0 aromatic rings. The lowest BCUT2D eigenvalue weighted by molar-refractivity contribution is 0.523. The van der Waals surface area contributed by atoms with Crippen molar-refractivity contribution in [2.75, 3.05) is 6.26 Å². The van der Waals surface area contributed by atoms with E-state index in [1.807, 2.05) is 11.8 Å². The van der Waals surface area contributed by atoms with Crippen molar-refractivity contribution < 1.29 is 0 Å². The van der Waals surface area contributed by atoms with E-state index < -0.39 is 0 Å². The molecule has 2 aliphatic rings. The van der Waals surface area contributed by atoms with Gasteiger partial charge < -0.3 is 0 Å². The summed E-state index contributed by atoms with van der Waals surface area (Å²) < 4.78 is 0.187. The molecule has 0 amide bonds. The van der Waals surface area contributed by atoms with Crippen LogP contribution in [0.4, 0.5) is 0 Å². The summed E-state index contributed by atoms with van der Waals surface area (Å²) in [7, 11) is 0. The Labute approximate surface area is 95.8 Å². The molecule has 78 valence electrons. The van der Waals surface area contributed by atoms with Crippen LogP contribution in [0.25, 0.3) is 0 Å². The Balaban J connectivity index is 2.29. The van der Waals surface area contributed by atoms with Gasteiger partial charge in [-0.2, -0.15) is 11.8 Å². The molecule has 2 unspecified atom stereocenters. The highest BCUT2D eigenvalue weighted by Crippen LogP contribution is 2.45. The van der Waals surface area contributed by atoms with Crippen LogP contribution in [0, 0.1) is 0 Å². The summed E-state index contributed by atoms with van der Waals surface area (Å²) in [5, 5.41) is 0.225. The molecule has 0 aromatic heterocycles. The summed E-state index contributed by atoms with van der Waals surface area (Å²) in [6.07, 6.45) is 15.3. The molecule has 2 aliphatic carbocycles. The minimum Gasteiger partial charge on any atom is -0.152 e. The van der Waals surface area contributed by atoms with Crippen molar-refractivity contribution in [3.63, 3.8) is 0 Å². The number of alkyl halides is 1. The fourth-order valence-corrected chi connectivity index (χ4v) is 3.97. The molecule has 0 aliphatic heterocycles. The van der Waals surface area contributed by atoms with E-state index in [1.165, 1.54) is 37.7 Å². The predicted octanol–water partition coefficient (Wildman–Crippen LogP) is 4.16. The van der Waals surface area contributed by atoms with Gasteiger partial charge in [0.2, 0.25) is 0 Å². The van der Waals surface area contributed by atoms with Gasteiger partial charge in [0.15, 0.2) is 0 Å². The first-order valence-electron chi connectivity index (χ1n) is 5.36. The molecule has 0 saturated heterocycles. The minimum atomic E-state index is 0.187. The lowest BCUT2D eigenvalue weighted by Crippen LogP contribution is -2.37. The molecule has 14 heavy (non-hydrogen) atoms. The highest BCUT2D eigenvalue weighted by Gasteiger charge is 2.38. The molecular formula is C12H17ClS. The maximum Gasteiger partial charge on any atom is 0.0730 e. The molecule has 2 rings (SSSR count). The number of thioether (sulfide) groups is 1. The first-order valence-corrected chi connectivity index (χ1v) is 7.02. The third-order valence-corrected chi connectivity index (χ3v) is 5.49. The van der Waals surface area contributed by atoms with Crippen molar-refractivity contribution in [3.05, 3.63) is 23.8 Å². The monoisotopic (exact) mass is 228 g/mol. The Morgan fingerprint density at radius 2 is 2.29 bits per heavy atom. The number of fused-ring (bicyclic) bond motifs is 2. The molecule has 0 spiro atoms. The Hall–Kier alpha value is 0.120. The quantitative estimate of drug-likeness (QED) is 0.608. The smallest absolute Gasteiger partial charge is 0.0730 e. The lowest BCUT2D eigenvalue weighted by Gasteiger charge is -2.38. The van der Waals surface area contributed by atoms with E-state index in [9.17, 15) is 0 Å². The van der Waals surface area contributed by atoms with E-state index >= 15 is 0 Å². The first-order chi connectivity index (χ1) is 6.78. The van der Waals surface area contributed by atoms with Gasteiger partial charge in [-0.05, 0) is 25.5 Å². The summed E-state index contributed by atoms with van der Waals surface area (Å²) in [6.45, 7) is 0. The third-order valence-electron chi connectivity index (χ3n) is 3.36. The topological polar surface area (TPSA) is 0 Å². The van der Waals surface area contributed by atoms with Crippen LogP contribution < -0.4 is 0 Å². The largest absolute Gasteiger partial charge is 0.152 e. The maximum atomic E-state index is 6.58. The number of hydrogen-bond acceptors (Lipinski definition) is 1. The van der Waals surface area contributed by atoms with Crippen LogP contribution in [-0.4, -0.2) is 16.4 Å². The van der Waals surface area contributed by atoms with Gasteiger partial charge in [-0.3, -0.25) is 0 Å². The van der Waals surface area contributed by atoms with E-state index in [-0.39, 0.29) is 10.1 Å². The zero-order chi connectivity index (χ0) is 10.0. The van der Waals surface area contributed by atoms with Crippen molar-refractivity contribution >= 4 is 23.4 Å². The Morgan fingerprint density at radius 1 is 1.43 bits per heavy atom. The average molecular weight is 229 g/mol. The van der Waals surface area contributed by atoms with Crippen molar-refractivity contribution in [2.24, 2.45) is 0 Å². The van der Waals surface area contributed by atoms with Crippen LogP contribution in [-0.2, 0) is 0 Å². The Morgan fingerprint density at radius 3 is 3.07 bits per heavy atom. The van der Waals surface area contributed by atoms with Crippen LogP contribution in [0.5, 0.6) is 0 Å². The fraction of sp³-hybridized carbons (Fsp3) is 0.667. The minimum absolute atomic E-state index is 0.187. The summed E-state index contributed by atoms with van der Waals surface area (Å²) in [4.78, 5) is 0. The highest BCUT2D eigenvalue weighted by molar-refractivity contribution is 8.00. The van der Waals surface area contributed by atoms with Crippen LogP contribution >= 0.6 is 23.4 Å². The first kappa shape index (κ1) is 10.6. The van der Waals surface area contributed by atoms with E-state index in [0.29, 0.717) is 0 Å². The summed E-state index contributed by atoms with van der Waals surface area (Å²) in [5.74, 6) is 0. The number of halogens is 1. The second kappa shape index (κ2) is 4.32.